The van der Waals surface area contributed by atoms with Crippen LogP contribution in [0.1, 0.15) is 45.7 Å². The van der Waals surface area contributed by atoms with Crippen LogP contribution in [0.15, 0.2) is 76.5 Å². The van der Waals surface area contributed by atoms with Gasteiger partial charge in [-0.25, -0.2) is 4.79 Å². The van der Waals surface area contributed by atoms with Crippen molar-refractivity contribution >= 4 is 16.9 Å². The molecule has 5 rings (SSSR count). The standard InChI is InChI=1S/C29H24N2O5/c1-4-33-23-8-6-5-7-20(23)26-21-12-10-18(14-25(21)36-28(31)22(26)15-30)34-29(32)27-17(3)19-11-9-16(2)13-24(19)35-27/h5-14,26H,4,31H2,1-3H3. The number of ether oxygens (including phenoxy) is 3. The van der Waals surface area contributed by atoms with Gasteiger partial charge < -0.3 is 24.4 Å². The smallest absolute Gasteiger partial charge is 0.379 e. The molecule has 0 aliphatic carbocycles. The summed E-state index contributed by atoms with van der Waals surface area (Å²) < 4.78 is 23.0. The Labute approximate surface area is 208 Å². The van der Waals surface area contributed by atoms with Gasteiger partial charge in [0, 0.05) is 28.1 Å². The number of hydrogen-bond donors (Lipinski definition) is 1. The van der Waals surface area contributed by atoms with Crippen LogP contribution in [0.25, 0.3) is 11.0 Å². The number of carbonyl (C=O) groups excluding carboxylic acids is 1. The number of allylic oxidation sites excluding steroid dienone is 1. The van der Waals surface area contributed by atoms with Crippen LogP contribution in [0.4, 0.5) is 0 Å². The lowest BCUT2D eigenvalue weighted by Crippen LogP contribution is -2.21. The van der Waals surface area contributed by atoms with E-state index >= 15 is 0 Å². The second-order valence-electron chi connectivity index (χ2n) is 8.54. The number of para-hydroxylation sites is 1. The molecule has 0 fully saturated rings. The maximum absolute atomic E-state index is 13.0. The van der Waals surface area contributed by atoms with E-state index < -0.39 is 11.9 Å². The number of benzene rings is 3. The number of hydrogen-bond acceptors (Lipinski definition) is 7. The van der Waals surface area contributed by atoms with Crippen LogP contribution in [0.2, 0.25) is 0 Å². The van der Waals surface area contributed by atoms with Crippen molar-refractivity contribution in [2.24, 2.45) is 5.73 Å². The molecule has 7 heteroatoms. The van der Waals surface area contributed by atoms with Gasteiger partial charge >= 0.3 is 5.97 Å². The van der Waals surface area contributed by atoms with Gasteiger partial charge in [0.15, 0.2) is 0 Å². The third-order valence-corrected chi connectivity index (χ3v) is 6.21. The Kier molecular flexibility index (Phi) is 5.87. The van der Waals surface area contributed by atoms with Crippen molar-refractivity contribution in [2.75, 3.05) is 6.61 Å². The highest BCUT2D eigenvalue weighted by Gasteiger charge is 2.33. The van der Waals surface area contributed by atoms with Crippen LogP contribution in [0.3, 0.4) is 0 Å². The van der Waals surface area contributed by atoms with Crippen LogP contribution in [-0.2, 0) is 0 Å². The quantitative estimate of drug-likeness (QED) is 0.280. The summed E-state index contributed by atoms with van der Waals surface area (Å²) in [7, 11) is 0. The maximum atomic E-state index is 13.0. The Morgan fingerprint density at radius 2 is 1.89 bits per heavy atom. The van der Waals surface area contributed by atoms with Crippen molar-refractivity contribution in [3.05, 3.63) is 100 Å². The average molecular weight is 481 g/mol. The first-order valence-electron chi connectivity index (χ1n) is 11.6. The fourth-order valence-corrected chi connectivity index (χ4v) is 4.51. The van der Waals surface area contributed by atoms with Crippen LogP contribution in [-0.4, -0.2) is 12.6 Å². The normalized spacial score (nSPS) is 14.7. The molecule has 7 nitrogen and oxygen atoms in total. The molecule has 2 N–H and O–H groups in total. The molecule has 0 saturated heterocycles. The highest BCUT2D eigenvalue weighted by atomic mass is 16.5. The van der Waals surface area contributed by atoms with Gasteiger partial charge in [-0.05, 0) is 44.5 Å². The van der Waals surface area contributed by atoms with E-state index in [1.54, 1.807) is 18.2 Å². The molecule has 4 aromatic rings. The minimum absolute atomic E-state index is 0.00623. The SMILES string of the molecule is CCOc1ccccc1C1C(C#N)=C(N)Oc2cc(OC(=O)c3oc4cc(C)ccc4c3C)ccc21. The molecule has 1 aliphatic rings. The first kappa shape index (κ1) is 23.1. The molecule has 0 amide bonds. The maximum Gasteiger partial charge on any atom is 0.379 e. The zero-order chi connectivity index (χ0) is 25.4. The lowest BCUT2D eigenvalue weighted by Gasteiger charge is -2.27. The van der Waals surface area contributed by atoms with Gasteiger partial charge in [-0.15, -0.1) is 0 Å². The lowest BCUT2D eigenvalue weighted by atomic mass is 9.83. The van der Waals surface area contributed by atoms with E-state index in [-0.39, 0.29) is 23.0 Å². The first-order chi connectivity index (χ1) is 17.4. The first-order valence-corrected chi connectivity index (χ1v) is 11.6. The van der Waals surface area contributed by atoms with Gasteiger partial charge in [-0.3, -0.25) is 0 Å². The lowest BCUT2D eigenvalue weighted by molar-refractivity contribution is 0.0702. The Hall–Kier alpha value is -4.70. The molecule has 0 spiro atoms. The van der Waals surface area contributed by atoms with Crippen LogP contribution in [0.5, 0.6) is 17.2 Å². The molecule has 3 aromatic carbocycles. The summed E-state index contributed by atoms with van der Waals surface area (Å²) >= 11 is 0. The monoisotopic (exact) mass is 480 g/mol. The number of carbonyl (C=O) groups is 1. The average Bonchev–Trinajstić information content (AvgIpc) is 3.19. The van der Waals surface area contributed by atoms with Crippen LogP contribution < -0.4 is 19.9 Å². The van der Waals surface area contributed by atoms with E-state index in [4.69, 9.17) is 24.4 Å². The zero-order valence-corrected chi connectivity index (χ0v) is 20.1. The van der Waals surface area contributed by atoms with E-state index in [0.29, 0.717) is 34.8 Å². The molecule has 2 heterocycles. The topological polar surface area (TPSA) is 108 Å². The van der Waals surface area contributed by atoms with Gasteiger partial charge in [-0.2, -0.15) is 5.26 Å². The molecular formula is C29H24N2O5. The minimum Gasteiger partial charge on any atom is -0.494 e. The zero-order valence-electron chi connectivity index (χ0n) is 20.1. The van der Waals surface area contributed by atoms with Gasteiger partial charge in [0.05, 0.1) is 12.5 Å². The van der Waals surface area contributed by atoms with Crippen molar-refractivity contribution in [1.29, 1.82) is 5.26 Å². The largest absolute Gasteiger partial charge is 0.494 e. The molecule has 36 heavy (non-hydrogen) atoms. The molecule has 1 aliphatic heterocycles. The third kappa shape index (κ3) is 3.93. The molecule has 0 saturated carbocycles. The van der Waals surface area contributed by atoms with Crippen molar-refractivity contribution in [1.82, 2.24) is 0 Å². The Morgan fingerprint density at radius 3 is 2.67 bits per heavy atom. The number of fused-ring (bicyclic) bond motifs is 2. The number of nitriles is 1. The molecule has 1 aromatic heterocycles. The second kappa shape index (κ2) is 9.16. The Bertz CT molecular complexity index is 1570. The Balaban J connectivity index is 1.51. The number of esters is 1. The van der Waals surface area contributed by atoms with Crippen molar-refractivity contribution < 1.29 is 23.4 Å². The number of nitrogens with zero attached hydrogens (tertiary/aromatic N) is 1. The number of nitrogens with two attached hydrogens (primary N) is 1. The fourth-order valence-electron chi connectivity index (χ4n) is 4.51. The van der Waals surface area contributed by atoms with Crippen molar-refractivity contribution in [3.8, 4) is 23.3 Å². The third-order valence-electron chi connectivity index (χ3n) is 6.21. The molecule has 0 radical (unpaired) electrons. The predicted octanol–water partition coefficient (Wildman–Crippen LogP) is 5.89. The van der Waals surface area contributed by atoms with E-state index in [2.05, 4.69) is 6.07 Å². The van der Waals surface area contributed by atoms with Crippen molar-refractivity contribution in [3.63, 3.8) is 0 Å². The highest BCUT2D eigenvalue weighted by Crippen LogP contribution is 2.46. The van der Waals surface area contributed by atoms with Gasteiger partial charge in [0.1, 0.15) is 34.5 Å². The molecular weight excluding hydrogens is 456 g/mol. The molecule has 1 unspecified atom stereocenters. The Morgan fingerprint density at radius 1 is 1.08 bits per heavy atom. The van der Waals surface area contributed by atoms with E-state index in [1.165, 1.54) is 0 Å². The summed E-state index contributed by atoms with van der Waals surface area (Å²) in [5.74, 6) is 0.343. The summed E-state index contributed by atoms with van der Waals surface area (Å²) in [4.78, 5) is 13.0. The summed E-state index contributed by atoms with van der Waals surface area (Å²) in [5, 5.41) is 10.7. The second-order valence-corrected chi connectivity index (χ2v) is 8.54. The number of rotatable bonds is 5. The van der Waals surface area contributed by atoms with E-state index in [9.17, 15) is 10.1 Å². The summed E-state index contributed by atoms with van der Waals surface area (Å²) in [6.45, 7) is 6.16. The predicted molar refractivity (Wildman–Crippen MR) is 134 cm³/mol. The minimum atomic E-state index is -0.614. The summed E-state index contributed by atoms with van der Waals surface area (Å²) in [6.07, 6.45) is 0. The summed E-state index contributed by atoms with van der Waals surface area (Å²) in [5.41, 5.74) is 10.3. The van der Waals surface area contributed by atoms with Crippen LogP contribution >= 0.6 is 0 Å². The molecule has 1 atom stereocenters. The van der Waals surface area contributed by atoms with E-state index in [1.807, 2.05) is 63.2 Å². The van der Waals surface area contributed by atoms with Gasteiger partial charge in [0.2, 0.25) is 11.6 Å². The van der Waals surface area contributed by atoms with Gasteiger partial charge in [-0.1, -0.05) is 36.4 Å². The summed E-state index contributed by atoms with van der Waals surface area (Å²) in [6, 6.07) is 20.5. The molecule has 0 bridgehead atoms. The van der Waals surface area contributed by atoms with Crippen LogP contribution in [0, 0.1) is 25.2 Å². The number of aryl methyl sites for hydroxylation is 2. The number of furan rings is 1. The van der Waals surface area contributed by atoms with Crippen molar-refractivity contribution in [2.45, 2.75) is 26.7 Å². The highest BCUT2D eigenvalue weighted by molar-refractivity contribution is 5.97. The van der Waals surface area contributed by atoms with Gasteiger partial charge in [0.25, 0.3) is 0 Å². The fraction of sp³-hybridized carbons (Fsp3) is 0.172. The van der Waals surface area contributed by atoms with E-state index in [0.717, 1.165) is 16.5 Å². The molecule has 180 valence electrons.